The number of nitrogens with one attached hydrogen (secondary N) is 1. The first-order valence-electron chi connectivity index (χ1n) is 3.51. The van der Waals surface area contributed by atoms with Crippen molar-refractivity contribution in [2.75, 3.05) is 5.32 Å². The van der Waals surface area contributed by atoms with Crippen LogP contribution < -0.4 is 5.32 Å². The number of hydrogen-bond donors (Lipinski definition) is 1. The number of benzene rings is 1. The molecule has 0 aliphatic rings. The van der Waals surface area contributed by atoms with Crippen LogP contribution in [0.1, 0.15) is 0 Å². The zero-order valence-corrected chi connectivity index (χ0v) is 9.85. The molecule has 0 aromatic heterocycles. The summed E-state index contributed by atoms with van der Waals surface area (Å²) in [7, 11) is 0. The SMILES string of the molecule is C=C(Br)C(=O)Nc1ccccc1Br. The highest BCUT2D eigenvalue weighted by molar-refractivity contribution is 9.12. The third-order valence-corrected chi connectivity index (χ3v) is 2.42. The second-order valence-electron chi connectivity index (χ2n) is 2.34. The number of halogens is 2. The van der Waals surface area contributed by atoms with Crippen molar-refractivity contribution < 1.29 is 4.79 Å². The molecular weight excluding hydrogens is 298 g/mol. The van der Waals surface area contributed by atoms with E-state index in [2.05, 4.69) is 43.8 Å². The van der Waals surface area contributed by atoms with Gasteiger partial charge in [0, 0.05) is 4.47 Å². The largest absolute Gasteiger partial charge is 0.321 e. The smallest absolute Gasteiger partial charge is 0.262 e. The Morgan fingerprint density at radius 3 is 2.54 bits per heavy atom. The van der Waals surface area contributed by atoms with Gasteiger partial charge in [-0.3, -0.25) is 4.79 Å². The summed E-state index contributed by atoms with van der Waals surface area (Å²) in [4.78, 5) is 11.2. The van der Waals surface area contributed by atoms with Crippen LogP contribution in [0, 0.1) is 0 Å². The van der Waals surface area contributed by atoms with Gasteiger partial charge >= 0.3 is 0 Å². The summed E-state index contributed by atoms with van der Waals surface area (Å²) in [6.45, 7) is 3.47. The van der Waals surface area contributed by atoms with Gasteiger partial charge < -0.3 is 5.32 Å². The minimum Gasteiger partial charge on any atom is -0.321 e. The quantitative estimate of drug-likeness (QED) is 0.835. The van der Waals surface area contributed by atoms with Crippen molar-refractivity contribution in [1.29, 1.82) is 0 Å². The summed E-state index contributed by atoms with van der Waals surface area (Å²) in [6, 6.07) is 7.38. The van der Waals surface area contributed by atoms with E-state index in [1.165, 1.54) is 0 Å². The molecule has 0 radical (unpaired) electrons. The van der Waals surface area contributed by atoms with Gasteiger partial charge in [0.15, 0.2) is 0 Å². The Kier molecular flexibility index (Phi) is 3.69. The van der Waals surface area contributed by atoms with Crippen LogP contribution in [0.4, 0.5) is 5.69 Å². The Balaban J connectivity index is 2.81. The minimum absolute atomic E-state index is 0.244. The van der Waals surface area contributed by atoms with Crippen molar-refractivity contribution in [1.82, 2.24) is 0 Å². The molecule has 1 rings (SSSR count). The summed E-state index contributed by atoms with van der Waals surface area (Å²) in [5.41, 5.74) is 0.730. The first-order chi connectivity index (χ1) is 6.11. The molecule has 1 N–H and O–H groups in total. The highest BCUT2D eigenvalue weighted by atomic mass is 79.9. The van der Waals surface area contributed by atoms with Crippen LogP contribution >= 0.6 is 31.9 Å². The number of hydrogen-bond acceptors (Lipinski definition) is 1. The summed E-state index contributed by atoms with van der Waals surface area (Å²) in [6.07, 6.45) is 0. The van der Waals surface area contributed by atoms with Crippen molar-refractivity contribution in [3.63, 3.8) is 0 Å². The van der Waals surface area contributed by atoms with Gasteiger partial charge in [-0.2, -0.15) is 0 Å². The van der Waals surface area contributed by atoms with Crippen LogP contribution in [0.2, 0.25) is 0 Å². The van der Waals surface area contributed by atoms with Crippen LogP contribution in [-0.2, 0) is 4.79 Å². The first-order valence-corrected chi connectivity index (χ1v) is 5.10. The molecule has 0 atom stereocenters. The maximum atomic E-state index is 11.2. The van der Waals surface area contributed by atoms with Crippen molar-refractivity contribution in [3.8, 4) is 0 Å². The maximum Gasteiger partial charge on any atom is 0.262 e. The molecule has 0 aliphatic heterocycles. The first kappa shape index (κ1) is 10.5. The number of rotatable bonds is 2. The molecule has 2 nitrogen and oxygen atoms in total. The van der Waals surface area contributed by atoms with Crippen LogP contribution in [0.25, 0.3) is 0 Å². The molecule has 0 fully saturated rings. The van der Waals surface area contributed by atoms with Crippen molar-refractivity contribution >= 4 is 43.5 Å². The fourth-order valence-electron chi connectivity index (χ4n) is 0.753. The maximum absolute atomic E-state index is 11.2. The van der Waals surface area contributed by atoms with Crippen LogP contribution in [0.3, 0.4) is 0 Å². The van der Waals surface area contributed by atoms with E-state index in [-0.39, 0.29) is 5.91 Å². The van der Waals surface area contributed by atoms with Gasteiger partial charge in [-0.15, -0.1) is 0 Å². The molecule has 13 heavy (non-hydrogen) atoms. The van der Waals surface area contributed by atoms with Gasteiger partial charge in [0.2, 0.25) is 0 Å². The van der Waals surface area contributed by atoms with Gasteiger partial charge in [-0.25, -0.2) is 0 Å². The van der Waals surface area contributed by atoms with E-state index in [1.807, 2.05) is 18.2 Å². The predicted molar refractivity (Wildman–Crippen MR) is 60.8 cm³/mol. The van der Waals surface area contributed by atoms with Crippen molar-refractivity contribution in [3.05, 3.63) is 39.8 Å². The second-order valence-corrected chi connectivity index (χ2v) is 4.15. The van der Waals surface area contributed by atoms with Crippen LogP contribution in [0.5, 0.6) is 0 Å². The number of para-hydroxylation sites is 1. The molecule has 68 valence electrons. The van der Waals surface area contributed by atoms with E-state index < -0.39 is 0 Å². The lowest BCUT2D eigenvalue weighted by Crippen LogP contribution is -2.10. The van der Waals surface area contributed by atoms with E-state index >= 15 is 0 Å². The minimum atomic E-state index is -0.244. The highest BCUT2D eigenvalue weighted by Crippen LogP contribution is 2.21. The molecule has 0 aliphatic carbocycles. The van der Waals surface area contributed by atoms with Crippen LogP contribution in [-0.4, -0.2) is 5.91 Å². The number of carbonyl (C=O) groups is 1. The number of carbonyl (C=O) groups excluding carboxylic acids is 1. The van der Waals surface area contributed by atoms with Gasteiger partial charge in [-0.1, -0.05) is 18.7 Å². The summed E-state index contributed by atoms with van der Waals surface area (Å²) in [5.74, 6) is -0.244. The topological polar surface area (TPSA) is 29.1 Å². The molecule has 0 bridgehead atoms. The molecule has 0 spiro atoms. The second kappa shape index (κ2) is 4.58. The highest BCUT2D eigenvalue weighted by Gasteiger charge is 2.05. The number of anilines is 1. The molecule has 0 unspecified atom stereocenters. The van der Waals surface area contributed by atoms with E-state index in [9.17, 15) is 4.79 Å². The van der Waals surface area contributed by atoms with E-state index in [1.54, 1.807) is 6.07 Å². The standard InChI is InChI=1S/C9H7Br2NO/c1-6(10)9(13)12-8-5-3-2-4-7(8)11/h2-5H,1H2,(H,12,13). The van der Waals surface area contributed by atoms with E-state index in [0.717, 1.165) is 10.2 Å². The van der Waals surface area contributed by atoms with Gasteiger partial charge in [0.05, 0.1) is 10.2 Å². The Bertz CT molecular complexity index is 349. The lowest BCUT2D eigenvalue weighted by atomic mass is 10.3. The van der Waals surface area contributed by atoms with Gasteiger partial charge in [0.1, 0.15) is 0 Å². The fourth-order valence-corrected chi connectivity index (χ4v) is 1.24. The predicted octanol–water partition coefficient (Wildman–Crippen LogP) is 3.30. The van der Waals surface area contributed by atoms with Crippen molar-refractivity contribution in [2.24, 2.45) is 0 Å². The average Bonchev–Trinajstić information content (AvgIpc) is 2.08. The third kappa shape index (κ3) is 2.97. The monoisotopic (exact) mass is 303 g/mol. The Hall–Kier alpha value is -0.610. The Labute approximate surface area is 93.3 Å². The lowest BCUT2D eigenvalue weighted by molar-refractivity contribution is -0.112. The zero-order chi connectivity index (χ0) is 9.84. The molecule has 0 heterocycles. The van der Waals surface area contributed by atoms with E-state index in [4.69, 9.17) is 0 Å². The Morgan fingerprint density at radius 2 is 2.00 bits per heavy atom. The molecule has 1 aromatic rings. The summed E-state index contributed by atoms with van der Waals surface area (Å²) >= 11 is 6.31. The van der Waals surface area contributed by atoms with Crippen molar-refractivity contribution in [2.45, 2.75) is 0 Å². The van der Waals surface area contributed by atoms with E-state index in [0.29, 0.717) is 4.48 Å². The molecule has 1 amide bonds. The lowest BCUT2D eigenvalue weighted by Gasteiger charge is -2.05. The fraction of sp³-hybridized carbons (Fsp3) is 0. The van der Waals surface area contributed by atoms with Gasteiger partial charge in [0.25, 0.3) is 5.91 Å². The third-order valence-electron chi connectivity index (χ3n) is 1.37. The molecule has 0 saturated heterocycles. The Morgan fingerprint density at radius 1 is 1.38 bits per heavy atom. The molecular formula is C9H7Br2NO. The van der Waals surface area contributed by atoms with Gasteiger partial charge in [-0.05, 0) is 44.0 Å². The zero-order valence-electron chi connectivity index (χ0n) is 6.68. The average molecular weight is 305 g/mol. The molecule has 1 aromatic carbocycles. The number of amides is 1. The molecule has 0 saturated carbocycles. The summed E-state index contributed by atoms with van der Waals surface area (Å²) in [5, 5.41) is 2.68. The normalized spacial score (nSPS) is 9.38. The summed E-state index contributed by atoms with van der Waals surface area (Å²) < 4.78 is 1.15. The molecule has 4 heteroatoms. The van der Waals surface area contributed by atoms with Crippen LogP contribution in [0.15, 0.2) is 39.8 Å².